The summed E-state index contributed by atoms with van der Waals surface area (Å²) in [5.74, 6) is 0. The number of nitrogens with two attached hydrogens (primary N) is 1. The van der Waals surface area contributed by atoms with E-state index in [1.165, 1.54) is 0 Å². The second kappa shape index (κ2) is 9.69. The van der Waals surface area contributed by atoms with Crippen LogP contribution in [0, 0.1) is 0 Å². The van der Waals surface area contributed by atoms with Gasteiger partial charge in [-0.2, -0.15) is 0 Å². The highest BCUT2D eigenvalue weighted by atomic mass is 16.5. The fourth-order valence-electron chi connectivity index (χ4n) is 2.41. The fraction of sp³-hybridized carbons (Fsp3) is 1.00. The Morgan fingerprint density at radius 2 is 2.11 bits per heavy atom. The molecule has 1 aliphatic rings. The first-order valence-electron chi connectivity index (χ1n) is 7.01. The van der Waals surface area contributed by atoms with Crippen molar-refractivity contribution in [3.8, 4) is 0 Å². The standard InChI is InChI=1S/C13H29N3O2/c1-12(10-16-6-8-18-9-7-16)15-13(11-17-2)4-3-5-14/h12-13,15H,3-11,14H2,1-2H3. The Labute approximate surface area is 111 Å². The van der Waals surface area contributed by atoms with Crippen LogP contribution in [-0.2, 0) is 9.47 Å². The summed E-state index contributed by atoms with van der Waals surface area (Å²) in [6.07, 6.45) is 2.13. The van der Waals surface area contributed by atoms with E-state index in [4.69, 9.17) is 15.2 Å². The highest BCUT2D eigenvalue weighted by Crippen LogP contribution is 2.02. The molecule has 0 amide bonds. The van der Waals surface area contributed by atoms with Crippen LogP contribution in [0.2, 0.25) is 0 Å². The number of ether oxygens (including phenoxy) is 2. The molecular formula is C13H29N3O2. The third kappa shape index (κ3) is 6.66. The molecule has 18 heavy (non-hydrogen) atoms. The average molecular weight is 259 g/mol. The van der Waals surface area contributed by atoms with Gasteiger partial charge in [-0.15, -0.1) is 0 Å². The van der Waals surface area contributed by atoms with Crippen molar-refractivity contribution in [2.75, 3.05) is 53.1 Å². The lowest BCUT2D eigenvalue weighted by atomic mass is 10.1. The first kappa shape index (κ1) is 15.9. The molecule has 0 spiro atoms. The van der Waals surface area contributed by atoms with E-state index in [2.05, 4.69) is 17.1 Å². The zero-order valence-electron chi connectivity index (χ0n) is 11.9. The Balaban J connectivity index is 2.23. The van der Waals surface area contributed by atoms with Crippen molar-refractivity contribution in [1.82, 2.24) is 10.2 Å². The number of rotatable bonds is 9. The largest absolute Gasteiger partial charge is 0.383 e. The summed E-state index contributed by atoms with van der Waals surface area (Å²) in [7, 11) is 1.75. The van der Waals surface area contributed by atoms with Crippen LogP contribution in [-0.4, -0.2) is 70.1 Å². The van der Waals surface area contributed by atoms with Gasteiger partial charge in [-0.3, -0.25) is 4.90 Å². The predicted molar refractivity (Wildman–Crippen MR) is 73.8 cm³/mol. The second-order valence-electron chi connectivity index (χ2n) is 5.06. The van der Waals surface area contributed by atoms with Gasteiger partial charge in [0.25, 0.3) is 0 Å². The van der Waals surface area contributed by atoms with E-state index in [1.54, 1.807) is 7.11 Å². The van der Waals surface area contributed by atoms with Crippen molar-refractivity contribution < 1.29 is 9.47 Å². The molecule has 0 bridgehead atoms. The molecule has 1 heterocycles. The molecule has 1 fully saturated rings. The quantitative estimate of drug-likeness (QED) is 0.613. The third-order valence-corrected chi connectivity index (χ3v) is 3.28. The first-order valence-corrected chi connectivity index (χ1v) is 7.01. The lowest BCUT2D eigenvalue weighted by Crippen LogP contribution is -2.48. The molecule has 3 N–H and O–H groups in total. The third-order valence-electron chi connectivity index (χ3n) is 3.28. The average Bonchev–Trinajstić information content (AvgIpc) is 2.37. The molecule has 1 saturated heterocycles. The van der Waals surface area contributed by atoms with Gasteiger partial charge in [-0.05, 0) is 26.3 Å². The summed E-state index contributed by atoms with van der Waals surface area (Å²) in [5, 5.41) is 3.64. The highest BCUT2D eigenvalue weighted by molar-refractivity contribution is 4.75. The smallest absolute Gasteiger partial charge is 0.0615 e. The molecule has 0 aromatic rings. The molecule has 0 radical (unpaired) electrons. The number of methoxy groups -OCH3 is 1. The van der Waals surface area contributed by atoms with Crippen molar-refractivity contribution in [3.63, 3.8) is 0 Å². The number of nitrogens with zero attached hydrogens (tertiary/aromatic N) is 1. The van der Waals surface area contributed by atoms with Gasteiger partial charge in [0.05, 0.1) is 19.8 Å². The molecule has 1 aliphatic heterocycles. The van der Waals surface area contributed by atoms with Crippen LogP contribution in [0.5, 0.6) is 0 Å². The van der Waals surface area contributed by atoms with Gasteiger partial charge in [0.15, 0.2) is 0 Å². The fourth-order valence-corrected chi connectivity index (χ4v) is 2.41. The predicted octanol–water partition coefficient (Wildman–Crippen LogP) is 0.0506. The summed E-state index contributed by atoms with van der Waals surface area (Å²) >= 11 is 0. The summed E-state index contributed by atoms with van der Waals surface area (Å²) in [4.78, 5) is 2.45. The molecule has 5 nitrogen and oxygen atoms in total. The molecular weight excluding hydrogens is 230 g/mol. The van der Waals surface area contributed by atoms with Crippen LogP contribution >= 0.6 is 0 Å². The Morgan fingerprint density at radius 1 is 1.39 bits per heavy atom. The minimum absolute atomic E-state index is 0.412. The van der Waals surface area contributed by atoms with Gasteiger partial charge in [0.1, 0.15) is 0 Å². The molecule has 1 rings (SSSR count). The van der Waals surface area contributed by atoms with Crippen LogP contribution in [0.1, 0.15) is 19.8 Å². The molecule has 2 atom stereocenters. The molecule has 0 aromatic heterocycles. The summed E-state index contributed by atoms with van der Waals surface area (Å²) in [5.41, 5.74) is 5.56. The lowest BCUT2D eigenvalue weighted by Gasteiger charge is -2.31. The minimum atomic E-state index is 0.412. The van der Waals surface area contributed by atoms with E-state index in [-0.39, 0.29) is 0 Å². The van der Waals surface area contributed by atoms with Crippen LogP contribution in [0.15, 0.2) is 0 Å². The van der Waals surface area contributed by atoms with E-state index in [1.807, 2.05) is 0 Å². The van der Waals surface area contributed by atoms with E-state index in [9.17, 15) is 0 Å². The maximum atomic E-state index is 5.56. The van der Waals surface area contributed by atoms with Gasteiger partial charge in [-0.1, -0.05) is 0 Å². The Bertz CT molecular complexity index is 199. The van der Waals surface area contributed by atoms with Gasteiger partial charge in [-0.25, -0.2) is 0 Å². The summed E-state index contributed by atoms with van der Waals surface area (Å²) in [6.45, 7) is 8.64. The summed E-state index contributed by atoms with van der Waals surface area (Å²) < 4.78 is 10.6. The molecule has 0 aliphatic carbocycles. The second-order valence-corrected chi connectivity index (χ2v) is 5.06. The molecule has 0 saturated carbocycles. The van der Waals surface area contributed by atoms with E-state index < -0.39 is 0 Å². The number of morpholine rings is 1. The minimum Gasteiger partial charge on any atom is -0.383 e. The van der Waals surface area contributed by atoms with Gasteiger partial charge in [0.2, 0.25) is 0 Å². The van der Waals surface area contributed by atoms with Crippen LogP contribution in [0.25, 0.3) is 0 Å². The molecule has 5 heteroatoms. The maximum absolute atomic E-state index is 5.56. The molecule has 0 aromatic carbocycles. The van der Waals surface area contributed by atoms with Crippen molar-refractivity contribution in [1.29, 1.82) is 0 Å². The van der Waals surface area contributed by atoms with E-state index in [0.717, 1.165) is 58.8 Å². The van der Waals surface area contributed by atoms with Crippen LogP contribution < -0.4 is 11.1 Å². The van der Waals surface area contributed by atoms with E-state index >= 15 is 0 Å². The van der Waals surface area contributed by atoms with Crippen molar-refractivity contribution in [2.45, 2.75) is 31.8 Å². The van der Waals surface area contributed by atoms with Gasteiger partial charge >= 0.3 is 0 Å². The van der Waals surface area contributed by atoms with Gasteiger partial charge in [0, 0.05) is 38.8 Å². The van der Waals surface area contributed by atoms with Crippen molar-refractivity contribution in [2.24, 2.45) is 5.73 Å². The normalized spacial score (nSPS) is 20.8. The highest BCUT2D eigenvalue weighted by Gasteiger charge is 2.16. The van der Waals surface area contributed by atoms with E-state index in [0.29, 0.717) is 12.1 Å². The lowest BCUT2D eigenvalue weighted by molar-refractivity contribution is 0.0329. The topological polar surface area (TPSA) is 59.8 Å². The monoisotopic (exact) mass is 259 g/mol. The SMILES string of the molecule is COCC(CCCN)NC(C)CN1CCOCC1. The number of hydrogen-bond acceptors (Lipinski definition) is 5. The number of nitrogens with one attached hydrogen (secondary N) is 1. The van der Waals surface area contributed by atoms with Crippen molar-refractivity contribution in [3.05, 3.63) is 0 Å². The van der Waals surface area contributed by atoms with Crippen molar-refractivity contribution >= 4 is 0 Å². The zero-order valence-corrected chi connectivity index (χ0v) is 11.9. The van der Waals surface area contributed by atoms with Gasteiger partial charge < -0.3 is 20.5 Å². The Kier molecular flexibility index (Phi) is 8.54. The van der Waals surface area contributed by atoms with Crippen LogP contribution in [0.4, 0.5) is 0 Å². The first-order chi connectivity index (χ1) is 8.76. The number of hydrogen-bond donors (Lipinski definition) is 2. The Morgan fingerprint density at radius 3 is 2.72 bits per heavy atom. The zero-order chi connectivity index (χ0) is 13.2. The van der Waals surface area contributed by atoms with Crippen LogP contribution in [0.3, 0.4) is 0 Å². The summed E-state index contributed by atoms with van der Waals surface area (Å²) in [6, 6.07) is 0.885. The Hall–Kier alpha value is -0.200. The maximum Gasteiger partial charge on any atom is 0.0615 e. The molecule has 108 valence electrons. The molecule has 2 unspecified atom stereocenters.